The van der Waals surface area contributed by atoms with Crippen molar-refractivity contribution in [3.05, 3.63) is 52.1 Å². The van der Waals surface area contributed by atoms with Gasteiger partial charge in [-0.2, -0.15) is 18.3 Å². The van der Waals surface area contributed by atoms with Gasteiger partial charge in [-0.05, 0) is 31.0 Å². The fourth-order valence-corrected chi connectivity index (χ4v) is 3.17. The number of alkyl halides is 3. The molecule has 0 atom stereocenters. The third kappa shape index (κ3) is 4.31. The van der Waals surface area contributed by atoms with Crippen molar-refractivity contribution >= 4 is 5.82 Å². The van der Waals surface area contributed by atoms with Crippen molar-refractivity contribution in [3.8, 4) is 0 Å². The minimum absolute atomic E-state index is 0.0227. The Morgan fingerprint density at radius 3 is 2.22 bits per heavy atom. The molecule has 8 heteroatoms. The van der Waals surface area contributed by atoms with Crippen LogP contribution in [0.15, 0.2) is 35.3 Å². The number of piperidine rings is 1. The third-order valence-corrected chi connectivity index (χ3v) is 4.80. The summed E-state index contributed by atoms with van der Waals surface area (Å²) in [7, 11) is 0. The highest BCUT2D eigenvalue weighted by Crippen LogP contribution is 2.30. The van der Waals surface area contributed by atoms with Crippen molar-refractivity contribution in [1.82, 2.24) is 14.8 Å². The molecule has 2 aromatic heterocycles. The average molecular weight is 380 g/mol. The van der Waals surface area contributed by atoms with Gasteiger partial charge in [-0.3, -0.25) is 4.79 Å². The van der Waals surface area contributed by atoms with E-state index in [2.05, 4.69) is 10.1 Å². The SMILES string of the molecule is CC(C)(C)c1ccc(=O)n(C2CCN(c3ccc(C(F)(F)F)cn3)CC2)n1. The Morgan fingerprint density at radius 2 is 1.70 bits per heavy atom. The first-order chi connectivity index (χ1) is 12.6. The van der Waals surface area contributed by atoms with E-state index in [1.165, 1.54) is 6.07 Å². The first-order valence-electron chi connectivity index (χ1n) is 8.94. The van der Waals surface area contributed by atoms with Crippen LogP contribution in [-0.2, 0) is 11.6 Å². The predicted octanol–water partition coefficient (Wildman–Crippen LogP) is 3.80. The molecule has 27 heavy (non-hydrogen) atoms. The summed E-state index contributed by atoms with van der Waals surface area (Å²) >= 11 is 0. The van der Waals surface area contributed by atoms with Crippen molar-refractivity contribution in [2.24, 2.45) is 0 Å². The third-order valence-electron chi connectivity index (χ3n) is 4.80. The van der Waals surface area contributed by atoms with Crippen LogP contribution >= 0.6 is 0 Å². The summed E-state index contributed by atoms with van der Waals surface area (Å²) in [5, 5.41) is 4.55. The molecule has 1 saturated heterocycles. The van der Waals surface area contributed by atoms with Gasteiger partial charge in [-0.1, -0.05) is 20.8 Å². The van der Waals surface area contributed by atoms with Gasteiger partial charge >= 0.3 is 6.18 Å². The lowest BCUT2D eigenvalue weighted by Crippen LogP contribution is -2.39. The maximum atomic E-state index is 12.7. The number of nitrogens with zero attached hydrogens (tertiary/aromatic N) is 4. The minimum atomic E-state index is -4.39. The molecule has 0 radical (unpaired) electrons. The molecule has 0 saturated carbocycles. The van der Waals surface area contributed by atoms with Crippen LogP contribution in [0.25, 0.3) is 0 Å². The fraction of sp³-hybridized carbons (Fsp3) is 0.526. The molecule has 0 unspecified atom stereocenters. The van der Waals surface area contributed by atoms with Gasteiger partial charge in [0, 0.05) is 30.8 Å². The van der Waals surface area contributed by atoms with Crippen LogP contribution in [0.3, 0.4) is 0 Å². The second kappa shape index (κ2) is 6.98. The molecule has 5 nitrogen and oxygen atoms in total. The Hall–Kier alpha value is -2.38. The second-order valence-corrected chi connectivity index (χ2v) is 7.87. The number of aromatic nitrogens is 3. The zero-order valence-electron chi connectivity index (χ0n) is 15.6. The Kier molecular flexibility index (Phi) is 5.01. The maximum absolute atomic E-state index is 12.7. The number of pyridine rings is 1. The standard InChI is InChI=1S/C19H23F3N4O/c1-18(2,3)15-5-7-17(27)26(24-15)14-8-10-25(11-9-14)16-6-4-13(12-23-16)19(20,21)22/h4-7,12,14H,8-11H2,1-3H3. The Labute approximate surface area is 155 Å². The van der Waals surface area contributed by atoms with E-state index in [4.69, 9.17) is 0 Å². The van der Waals surface area contributed by atoms with E-state index in [1.54, 1.807) is 16.8 Å². The largest absolute Gasteiger partial charge is 0.417 e. The van der Waals surface area contributed by atoms with Crippen LogP contribution in [-0.4, -0.2) is 27.9 Å². The summed E-state index contributed by atoms with van der Waals surface area (Å²) in [6.07, 6.45) is -2.16. The van der Waals surface area contributed by atoms with Gasteiger partial charge in [-0.15, -0.1) is 0 Å². The first kappa shape index (κ1) is 19.4. The molecular weight excluding hydrogens is 357 g/mol. The quantitative estimate of drug-likeness (QED) is 0.795. The lowest BCUT2D eigenvalue weighted by Gasteiger charge is -2.33. The van der Waals surface area contributed by atoms with Crippen LogP contribution in [0.5, 0.6) is 0 Å². The molecule has 1 aliphatic rings. The van der Waals surface area contributed by atoms with Crippen molar-refractivity contribution in [3.63, 3.8) is 0 Å². The summed E-state index contributed by atoms with van der Waals surface area (Å²) in [4.78, 5) is 18.1. The Bertz CT molecular complexity index is 845. The second-order valence-electron chi connectivity index (χ2n) is 7.87. The zero-order valence-corrected chi connectivity index (χ0v) is 15.6. The molecule has 0 spiro atoms. The van der Waals surface area contributed by atoms with Crippen LogP contribution < -0.4 is 10.5 Å². The van der Waals surface area contributed by atoms with Gasteiger partial charge < -0.3 is 4.90 Å². The molecule has 1 fully saturated rings. The highest BCUT2D eigenvalue weighted by Gasteiger charge is 2.31. The summed E-state index contributed by atoms with van der Waals surface area (Å²) in [5.74, 6) is 0.519. The van der Waals surface area contributed by atoms with E-state index >= 15 is 0 Å². The van der Waals surface area contributed by atoms with E-state index in [0.717, 1.165) is 18.0 Å². The van der Waals surface area contributed by atoms with Crippen molar-refractivity contribution < 1.29 is 13.2 Å². The van der Waals surface area contributed by atoms with Crippen molar-refractivity contribution in [2.75, 3.05) is 18.0 Å². The number of anilines is 1. The first-order valence-corrected chi connectivity index (χ1v) is 8.94. The molecule has 0 aliphatic carbocycles. The number of hydrogen-bond acceptors (Lipinski definition) is 4. The summed E-state index contributed by atoms with van der Waals surface area (Å²) < 4.78 is 39.5. The van der Waals surface area contributed by atoms with Gasteiger partial charge in [0.1, 0.15) is 5.82 Å². The highest BCUT2D eigenvalue weighted by atomic mass is 19.4. The van der Waals surface area contributed by atoms with Gasteiger partial charge in [0.2, 0.25) is 0 Å². The van der Waals surface area contributed by atoms with Gasteiger partial charge in [0.05, 0.1) is 17.3 Å². The molecule has 2 aromatic rings. The van der Waals surface area contributed by atoms with Gasteiger partial charge in [-0.25, -0.2) is 9.67 Å². The van der Waals surface area contributed by atoms with E-state index in [0.29, 0.717) is 31.7 Å². The zero-order chi connectivity index (χ0) is 19.8. The Balaban J connectivity index is 1.72. The van der Waals surface area contributed by atoms with Crippen LogP contribution in [0, 0.1) is 0 Å². The van der Waals surface area contributed by atoms with Gasteiger partial charge in [0.15, 0.2) is 0 Å². The number of halogens is 3. The molecule has 0 N–H and O–H groups in total. The number of rotatable bonds is 2. The summed E-state index contributed by atoms with van der Waals surface area (Å²) in [6.45, 7) is 7.35. The smallest absolute Gasteiger partial charge is 0.356 e. The molecule has 0 aromatic carbocycles. The molecule has 1 aliphatic heterocycles. The van der Waals surface area contributed by atoms with Crippen LogP contribution in [0.1, 0.15) is 50.9 Å². The highest BCUT2D eigenvalue weighted by molar-refractivity contribution is 5.40. The average Bonchev–Trinajstić information content (AvgIpc) is 2.61. The summed E-state index contributed by atoms with van der Waals surface area (Å²) in [6, 6.07) is 5.74. The molecule has 3 heterocycles. The van der Waals surface area contributed by atoms with E-state index < -0.39 is 11.7 Å². The molecular formula is C19H23F3N4O. The molecule has 0 amide bonds. The van der Waals surface area contributed by atoms with Crippen LogP contribution in [0.4, 0.5) is 19.0 Å². The van der Waals surface area contributed by atoms with E-state index in [1.807, 2.05) is 25.7 Å². The van der Waals surface area contributed by atoms with E-state index in [-0.39, 0.29) is 17.0 Å². The van der Waals surface area contributed by atoms with E-state index in [9.17, 15) is 18.0 Å². The number of hydrogen-bond donors (Lipinski definition) is 0. The maximum Gasteiger partial charge on any atom is 0.417 e. The van der Waals surface area contributed by atoms with Crippen molar-refractivity contribution in [1.29, 1.82) is 0 Å². The predicted molar refractivity (Wildman–Crippen MR) is 96.9 cm³/mol. The van der Waals surface area contributed by atoms with Gasteiger partial charge in [0.25, 0.3) is 5.56 Å². The molecule has 3 rings (SSSR count). The lowest BCUT2D eigenvalue weighted by atomic mass is 9.92. The lowest BCUT2D eigenvalue weighted by molar-refractivity contribution is -0.137. The Morgan fingerprint density at radius 1 is 1.04 bits per heavy atom. The van der Waals surface area contributed by atoms with Crippen LogP contribution in [0.2, 0.25) is 0 Å². The minimum Gasteiger partial charge on any atom is -0.356 e. The summed E-state index contributed by atoms with van der Waals surface area (Å²) in [5.41, 5.74) is -0.181. The molecule has 0 bridgehead atoms. The normalized spacial score (nSPS) is 16.6. The fourth-order valence-electron chi connectivity index (χ4n) is 3.17. The topological polar surface area (TPSA) is 51.0 Å². The molecule has 146 valence electrons. The van der Waals surface area contributed by atoms with Crippen molar-refractivity contribution in [2.45, 2.75) is 51.2 Å². The monoisotopic (exact) mass is 380 g/mol.